The van der Waals surface area contributed by atoms with E-state index in [-0.39, 0.29) is 31.0 Å². The molecule has 166 valence electrons. The summed E-state index contributed by atoms with van der Waals surface area (Å²) in [7, 11) is 3.54. The molecule has 0 atom stereocenters. The maximum atomic E-state index is 13.0. The SMILES string of the molecule is COCCc1nc(-c2ccc3c(c2)N(CC(=O)N(C)C2CCCCC2)C(=O)CO3)cs1. The summed E-state index contributed by atoms with van der Waals surface area (Å²) in [5.41, 5.74) is 2.38. The molecule has 1 fully saturated rings. The second kappa shape index (κ2) is 9.78. The van der Waals surface area contributed by atoms with Crippen molar-refractivity contribution in [2.75, 3.05) is 38.8 Å². The fraction of sp³-hybridized carbons (Fsp3) is 0.522. The van der Waals surface area contributed by atoms with Gasteiger partial charge in [-0.3, -0.25) is 14.5 Å². The van der Waals surface area contributed by atoms with Crippen LogP contribution < -0.4 is 9.64 Å². The number of hydrogen-bond acceptors (Lipinski definition) is 6. The Labute approximate surface area is 187 Å². The minimum Gasteiger partial charge on any atom is -0.482 e. The van der Waals surface area contributed by atoms with Crippen LogP contribution in [-0.4, -0.2) is 61.7 Å². The van der Waals surface area contributed by atoms with Crippen molar-refractivity contribution in [3.05, 3.63) is 28.6 Å². The van der Waals surface area contributed by atoms with Crippen molar-refractivity contribution >= 4 is 28.8 Å². The van der Waals surface area contributed by atoms with Gasteiger partial charge in [-0.05, 0) is 31.0 Å². The van der Waals surface area contributed by atoms with Crippen LogP contribution in [0.3, 0.4) is 0 Å². The molecule has 7 nitrogen and oxygen atoms in total. The number of methoxy groups -OCH3 is 1. The Balaban J connectivity index is 1.54. The number of likely N-dealkylation sites (N-methyl/N-ethyl adjacent to an activating group) is 1. The van der Waals surface area contributed by atoms with E-state index in [0.29, 0.717) is 18.0 Å². The molecule has 0 saturated heterocycles. The highest BCUT2D eigenvalue weighted by Gasteiger charge is 2.30. The molecule has 0 bridgehead atoms. The van der Waals surface area contributed by atoms with Crippen LogP contribution in [-0.2, 0) is 20.7 Å². The van der Waals surface area contributed by atoms with E-state index in [1.807, 2.05) is 35.5 Å². The zero-order chi connectivity index (χ0) is 21.8. The number of ether oxygens (including phenoxy) is 2. The summed E-state index contributed by atoms with van der Waals surface area (Å²) in [5.74, 6) is 0.384. The summed E-state index contributed by atoms with van der Waals surface area (Å²) in [5, 5.41) is 3.01. The summed E-state index contributed by atoms with van der Waals surface area (Å²) in [6.07, 6.45) is 6.39. The van der Waals surface area contributed by atoms with E-state index < -0.39 is 0 Å². The molecular weight excluding hydrogens is 414 g/mol. The standard InChI is InChI=1S/C23H29N3O4S/c1-25(17-6-4-3-5-7-17)22(27)13-26-19-12-16(8-9-20(19)30-14-23(26)28)18-15-31-21(24-18)10-11-29-2/h8-9,12,15,17H,3-7,10-11,13-14H2,1-2H3. The monoisotopic (exact) mass is 443 g/mol. The van der Waals surface area contributed by atoms with Crippen LogP contribution in [0, 0.1) is 0 Å². The number of hydrogen-bond donors (Lipinski definition) is 0. The molecule has 31 heavy (non-hydrogen) atoms. The number of anilines is 1. The van der Waals surface area contributed by atoms with Crippen molar-refractivity contribution in [3.8, 4) is 17.0 Å². The quantitative estimate of drug-likeness (QED) is 0.655. The van der Waals surface area contributed by atoms with E-state index in [4.69, 9.17) is 9.47 Å². The van der Waals surface area contributed by atoms with E-state index in [2.05, 4.69) is 4.98 Å². The van der Waals surface area contributed by atoms with Gasteiger partial charge in [0, 0.05) is 37.6 Å². The zero-order valence-corrected chi connectivity index (χ0v) is 19.0. The lowest BCUT2D eigenvalue weighted by atomic mass is 9.94. The Morgan fingerprint density at radius 2 is 2.13 bits per heavy atom. The summed E-state index contributed by atoms with van der Waals surface area (Å²) in [6.45, 7) is 0.607. The Hall–Kier alpha value is -2.45. The van der Waals surface area contributed by atoms with Crippen molar-refractivity contribution in [1.82, 2.24) is 9.88 Å². The first kappa shape index (κ1) is 21.8. The molecule has 2 heterocycles. The fourth-order valence-electron chi connectivity index (χ4n) is 4.20. The number of rotatable bonds is 7. The predicted molar refractivity (Wildman–Crippen MR) is 121 cm³/mol. The summed E-state index contributed by atoms with van der Waals surface area (Å²) in [6, 6.07) is 5.96. The largest absolute Gasteiger partial charge is 0.482 e. The molecule has 0 N–H and O–H groups in total. The van der Waals surface area contributed by atoms with Gasteiger partial charge in [0.1, 0.15) is 12.3 Å². The van der Waals surface area contributed by atoms with E-state index in [0.717, 1.165) is 48.4 Å². The van der Waals surface area contributed by atoms with E-state index >= 15 is 0 Å². The third-order valence-corrected chi connectivity index (χ3v) is 6.99. The van der Waals surface area contributed by atoms with Crippen LogP contribution in [0.15, 0.2) is 23.6 Å². The third-order valence-electron chi connectivity index (χ3n) is 6.08. The fourth-order valence-corrected chi connectivity index (χ4v) is 4.99. The zero-order valence-electron chi connectivity index (χ0n) is 18.1. The molecule has 0 radical (unpaired) electrons. The summed E-state index contributed by atoms with van der Waals surface area (Å²) < 4.78 is 10.8. The first-order valence-electron chi connectivity index (χ1n) is 10.8. The van der Waals surface area contributed by atoms with Gasteiger partial charge < -0.3 is 14.4 Å². The summed E-state index contributed by atoms with van der Waals surface area (Å²) in [4.78, 5) is 33.7. The molecule has 2 aliphatic rings. The highest BCUT2D eigenvalue weighted by atomic mass is 32.1. The van der Waals surface area contributed by atoms with Gasteiger partial charge >= 0.3 is 0 Å². The molecule has 4 rings (SSSR count). The van der Waals surface area contributed by atoms with Crippen LogP contribution in [0.5, 0.6) is 5.75 Å². The number of amides is 2. The Morgan fingerprint density at radius 1 is 1.32 bits per heavy atom. The van der Waals surface area contributed by atoms with Crippen molar-refractivity contribution in [2.45, 2.75) is 44.6 Å². The maximum Gasteiger partial charge on any atom is 0.265 e. The van der Waals surface area contributed by atoms with Crippen LogP contribution in [0.25, 0.3) is 11.3 Å². The highest BCUT2D eigenvalue weighted by Crippen LogP contribution is 2.36. The van der Waals surface area contributed by atoms with Crippen molar-refractivity contribution in [2.24, 2.45) is 0 Å². The minimum atomic E-state index is -0.200. The van der Waals surface area contributed by atoms with Gasteiger partial charge in [-0.25, -0.2) is 4.98 Å². The minimum absolute atomic E-state index is 0.0296. The van der Waals surface area contributed by atoms with Gasteiger partial charge in [0.25, 0.3) is 5.91 Å². The van der Waals surface area contributed by atoms with Crippen LogP contribution in [0.1, 0.15) is 37.1 Å². The first-order chi connectivity index (χ1) is 15.1. The third kappa shape index (κ3) is 4.91. The smallest absolute Gasteiger partial charge is 0.265 e. The predicted octanol–water partition coefficient (Wildman–Crippen LogP) is 3.52. The molecule has 0 unspecified atom stereocenters. The van der Waals surface area contributed by atoms with Gasteiger partial charge in [-0.15, -0.1) is 11.3 Å². The van der Waals surface area contributed by atoms with Crippen LogP contribution in [0.4, 0.5) is 5.69 Å². The molecule has 8 heteroatoms. The van der Waals surface area contributed by atoms with Gasteiger partial charge in [-0.2, -0.15) is 0 Å². The maximum absolute atomic E-state index is 13.0. The van der Waals surface area contributed by atoms with Crippen molar-refractivity contribution < 1.29 is 19.1 Å². The molecule has 1 aliphatic carbocycles. The van der Waals surface area contributed by atoms with Crippen molar-refractivity contribution in [3.63, 3.8) is 0 Å². The summed E-state index contributed by atoms with van der Waals surface area (Å²) >= 11 is 1.59. The van der Waals surface area contributed by atoms with Gasteiger partial charge in [0.15, 0.2) is 6.61 Å². The lowest BCUT2D eigenvalue weighted by Crippen LogP contribution is -2.48. The molecule has 1 saturated carbocycles. The molecule has 1 aromatic carbocycles. The first-order valence-corrected chi connectivity index (χ1v) is 11.7. The molecule has 1 aliphatic heterocycles. The topological polar surface area (TPSA) is 72.0 Å². The number of benzene rings is 1. The number of thiazole rings is 1. The molecule has 2 amide bonds. The lowest BCUT2D eigenvalue weighted by Gasteiger charge is -2.34. The average molecular weight is 444 g/mol. The van der Waals surface area contributed by atoms with Crippen molar-refractivity contribution in [1.29, 1.82) is 0 Å². The Morgan fingerprint density at radius 3 is 2.90 bits per heavy atom. The van der Waals surface area contributed by atoms with E-state index in [9.17, 15) is 9.59 Å². The molecular formula is C23H29N3O4S. The molecule has 2 aromatic rings. The number of aromatic nitrogens is 1. The van der Waals surface area contributed by atoms with Crippen LogP contribution >= 0.6 is 11.3 Å². The number of carbonyl (C=O) groups excluding carboxylic acids is 2. The number of carbonyl (C=O) groups is 2. The highest BCUT2D eigenvalue weighted by molar-refractivity contribution is 7.09. The number of nitrogens with zero attached hydrogens (tertiary/aromatic N) is 3. The van der Waals surface area contributed by atoms with Gasteiger partial charge in [0.05, 0.1) is 23.0 Å². The number of fused-ring (bicyclic) bond motifs is 1. The van der Waals surface area contributed by atoms with Gasteiger partial charge in [-0.1, -0.05) is 19.3 Å². The molecule has 0 spiro atoms. The van der Waals surface area contributed by atoms with E-state index in [1.165, 1.54) is 6.42 Å². The average Bonchev–Trinajstić information content (AvgIpc) is 3.28. The Bertz CT molecular complexity index is 939. The van der Waals surface area contributed by atoms with Crippen LogP contribution in [0.2, 0.25) is 0 Å². The normalized spacial score (nSPS) is 16.7. The Kier molecular flexibility index (Phi) is 6.87. The second-order valence-electron chi connectivity index (χ2n) is 8.12. The lowest BCUT2D eigenvalue weighted by molar-refractivity contribution is -0.133. The van der Waals surface area contributed by atoms with E-state index in [1.54, 1.807) is 23.3 Å². The second-order valence-corrected chi connectivity index (χ2v) is 9.06. The molecule has 1 aromatic heterocycles. The van der Waals surface area contributed by atoms with Gasteiger partial charge in [0.2, 0.25) is 5.91 Å².